The third-order valence-electron chi connectivity index (χ3n) is 4.32. The molecular formula is C24H25N3O4. The predicted molar refractivity (Wildman–Crippen MR) is 121 cm³/mol. The summed E-state index contributed by atoms with van der Waals surface area (Å²) in [5.74, 6) is 0.922. The molecule has 31 heavy (non-hydrogen) atoms. The van der Waals surface area contributed by atoms with Crippen LogP contribution >= 0.6 is 0 Å². The topological polar surface area (TPSA) is 88.7 Å². The molecule has 3 aromatic rings. The van der Waals surface area contributed by atoms with E-state index in [1.165, 1.54) is 0 Å². The molecule has 3 N–H and O–H groups in total. The number of rotatable bonds is 10. The van der Waals surface area contributed by atoms with Crippen molar-refractivity contribution in [3.8, 4) is 11.5 Å². The van der Waals surface area contributed by atoms with Crippen molar-refractivity contribution >= 4 is 23.2 Å². The average Bonchev–Trinajstić information content (AvgIpc) is 2.82. The molecule has 0 aliphatic heterocycles. The summed E-state index contributed by atoms with van der Waals surface area (Å²) >= 11 is 0. The van der Waals surface area contributed by atoms with Crippen LogP contribution in [0.4, 0.5) is 11.4 Å². The normalized spacial score (nSPS) is 10.1. The Morgan fingerprint density at radius 1 is 0.839 bits per heavy atom. The van der Waals surface area contributed by atoms with Crippen LogP contribution in [0.15, 0.2) is 78.9 Å². The molecule has 7 heteroatoms. The van der Waals surface area contributed by atoms with Crippen molar-refractivity contribution in [2.75, 3.05) is 37.4 Å². The van der Waals surface area contributed by atoms with E-state index in [4.69, 9.17) is 9.47 Å². The number of carbonyl (C=O) groups is 2. The second-order valence-corrected chi connectivity index (χ2v) is 6.57. The minimum Gasteiger partial charge on any atom is -0.490 e. The first-order valence-corrected chi connectivity index (χ1v) is 9.91. The van der Waals surface area contributed by atoms with E-state index in [2.05, 4.69) is 16.0 Å². The van der Waals surface area contributed by atoms with Crippen LogP contribution in [-0.2, 0) is 4.79 Å². The molecule has 0 radical (unpaired) electrons. The Morgan fingerprint density at radius 2 is 1.58 bits per heavy atom. The molecule has 2 amide bonds. The molecule has 0 heterocycles. The van der Waals surface area contributed by atoms with Gasteiger partial charge >= 0.3 is 0 Å². The van der Waals surface area contributed by atoms with E-state index in [0.717, 1.165) is 5.75 Å². The van der Waals surface area contributed by atoms with Crippen molar-refractivity contribution in [3.63, 3.8) is 0 Å². The fourth-order valence-electron chi connectivity index (χ4n) is 2.82. The van der Waals surface area contributed by atoms with Gasteiger partial charge in [0.15, 0.2) is 0 Å². The van der Waals surface area contributed by atoms with Crippen LogP contribution in [-0.4, -0.2) is 38.6 Å². The zero-order valence-corrected chi connectivity index (χ0v) is 17.3. The van der Waals surface area contributed by atoms with Crippen LogP contribution in [0.25, 0.3) is 0 Å². The van der Waals surface area contributed by atoms with E-state index in [1.807, 2.05) is 42.5 Å². The zero-order valence-electron chi connectivity index (χ0n) is 17.3. The Kier molecular flexibility index (Phi) is 7.88. The van der Waals surface area contributed by atoms with Gasteiger partial charge in [-0.25, -0.2) is 0 Å². The highest BCUT2D eigenvalue weighted by molar-refractivity contribution is 5.96. The number of ether oxygens (including phenoxy) is 2. The van der Waals surface area contributed by atoms with E-state index in [-0.39, 0.29) is 18.4 Å². The van der Waals surface area contributed by atoms with Crippen LogP contribution in [0.1, 0.15) is 10.4 Å². The third-order valence-corrected chi connectivity index (χ3v) is 4.32. The van der Waals surface area contributed by atoms with E-state index in [1.54, 1.807) is 43.4 Å². The maximum atomic E-state index is 12.4. The number of benzene rings is 3. The molecule has 3 aromatic carbocycles. The second kappa shape index (κ2) is 11.3. The molecule has 0 atom stereocenters. The van der Waals surface area contributed by atoms with Crippen molar-refractivity contribution < 1.29 is 19.1 Å². The van der Waals surface area contributed by atoms with Gasteiger partial charge in [0.25, 0.3) is 5.91 Å². The van der Waals surface area contributed by atoms with Crippen LogP contribution in [0.2, 0.25) is 0 Å². The van der Waals surface area contributed by atoms with Gasteiger partial charge in [-0.1, -0.05) is 36.4 Å². The first-order valence-electron chi connectivity index (χ1n) is 9.91. The van der Waals surface area contributed by atoms with Crippen LogP contribution in [0, 0.1) is 0 Å². The maximum absolute atomic E-state index is 12.4. The van der Waals surface area contributed by atoms with Gasteiger partial charge < -0.3 is 25.4 Å². The molecule has 0 fully saturated rings. The van der Waals surface area contributed by atoms with Gasteiger partial charge in [-0.15, -0.1) is 0 Å². The molecule has 160 valence electrons. The highest BCUT2D eigenvalue weighted by Crippen LogP contribution is 2.23. The lowest BCUT2D eigenvalue weighted by molar-refractivity contribution is -0.114. The van der Waals surface area contributed by atoms with Gasteiger partial charge in [-0.2, -0.15) is 0 Å². The molecule has 3 rings (SSSR count). The van der Waals surface area contributed by atoms with E-state index < -0.39 is 0 Å². The molecule has 0 aliphatic carbocycles. The number of para-hydroxylation sites is 3. The Hall–Kier alpha value is -4.00. The minimum absolute atomic E-state index is 0.0443. The summed E-state index contributed by atoms with van der Waals surface area (Å²) in [6.07, 6.45) is 0. The lowest BCUT2D eigenvalue weighted by Gasteiger charge is -2.13. The van der Waals surface area contributed by atoms with E-state index in [9.17, 15) is 9.59 Å². The van der Waals surface area contributed by atoms with Gasteiger partial charge in [-0.05, 0) is 42.5 Å². The van der Waals surface area contributed by atoms with Crippen molar-refractivity contribution in [1.82, 2.24) is 5.32 Å². The second-order valence-electron chi connectivity index (χ2n) is 6.57. The molecule has 0 saturated heterocycles. The highest BCUT2D eigenvalue weighted by atomic mass is 16.5. The van der Waals surface area contributed by atoms with Gasteiger partial charge in [0.1, 0.15) is 24.7 Å². The first kappa shape index (κ1) is 21.7. The first-order chi connectivity index (χ1) is 15.2. The molecule has 7 nitrogen and oxygen atoms in total. The minimum atomic E-state index is -0.234. The molecule has 0 aromatic heterocycles. The molecule has 0 aliphatic rings. The Labute approximate surface area is 181 Å². The summed E-state index contributed by atoms with van der Waals surface area (Å²) in [6.45, 7) is 0.768. The number of hydrogen-bond acceptors (Lipinski definition) is 5. The van der Waals surface area contributed by atoms with Crippen molar-refractivity contribution in [2.45, 2.75) is 0 Å². The zero-order chi connectivity index (χ0) is 21.9. The molecule has 0 bridgehead atoms. The third kappa shape index (κ3) is 6.78. The van der Waals surface area contributed by atoms with E-state index in [0.29, 0.717) is 35.9 Å². The summed E-state index contributed by atoms with van der Waals surface area (Å²) in [6, 6.07) is 23.7. The number of carbonyl (C=O) groups excluding carboxylic acids is 2. The average molecular weight is 419 g/mol. The number of nitrogens with one attached hydrogen (secondary N) is 3. The standard InChI is InChI=1S/C24H25N3O4/c1-25-24(29)18-8-7-9-19(16-18)26-17-23(28)27-21-12-5-6-13-22(21)31-15-14-30-20-10-3-2-4-11-20/h2-13,16,26H,14-15,17H2,1H3,(H,25,29)(H,27,28). The van der Waals surface area contributed by atoms with Gasteiger partial charge in [-0.3, -0.25) is 9.59 Å². The monoisotopic (exact) mass is 419 g/mol. The van der Waals surface area contributed by atoms with Crippen molar-refractivity contribution in [2.24, 2.45) is 0 Å². The summed E-state index contributed by atoms with van der Waals surface area (Å²) < 4.78 is 11.4. The van der Waals surface area contributed by atoms with Crippen molar-refractivity contribution in [1.29, 1.82) is 0 Å². The number of amides is 2. The number of hydrogen-bond donors (Lipinski definition) is 3. The van der Waals surface area contributed by atoms with Crippen LogP contribution in [0.3, 0.4) is 0 Å². The van der Waals surface area contributed by atoms with E-state index >= 15 is 0 Å². The molecule has 0 saturated carbocycles. The van der Waals surface area contributed by atoms with Crippen LogP contribution in [0.5, 0.6) is 11.5 Å². The number of anilines is 2. The lowest BCUT2D eigenvalue weighted by atomic mass is 10.2. The maximum Gasteiger partial charge on any atom is 0.251 e. The molecule has 0 unspecified atom stereocenters. The van der Waals surface area contributed by atoms with Crippen molar-refractivity contribution in [3.05, 3.63) is 84.4 Å². The predicted octanol–water partition coefficient (Wildman–Crippen LogP) is 3.55. The Morgan fingerprint density at radius 3 is 2.39 bits per heavy atom. The highest BCUT2D eigenvalue weighted by Gasteiger charge is 2.09. The quantitative estimate of drug-likeness (QED) is 0.438. The summed E-state index contributed by atoms with van der Waals surface area (Å²) in [4.78, 5) is 24.1. The Bertz CT molecular complexity index is 1010. The van der Waals surface area contributed by atoms with Crippen LogP contribution < -0.4 is 25.4 Å². The largest absolute Gasteiger partial charge is 0.490 e. The van der Waals surface area contributed by atoms with Gasteiger partial charge in [0, 0.05) is 18.3 Å². The Balaban J connectivity index is 1.49. The lowest BCUT2D eigenvalue weighted by Crippen LogP contribution is -2.23. The summed E-state index contributed by atoms with van der Waals surface area (Å²) in [7, 11) is 1.57. The summed E-state index contributed by atoms with van der Waals surface area (Å²) in [5.41, 5.74) is 1.77. The van der Waals surface area contributed by atoms with Gasteiger partial charge in [0.2, 0.25) is 5.91 Å². The molecular weight excluding hydrogens is 394 g/mol. The van der Waals surface area contributed by atoms with Gasteiger partial charge in [0.05, 0.1) is 12.2 Å². The smallest absolute Gasteiger partial charge is 0.251 e. The SMILES string of the molecule is CNC(=O)c1cccc(NCC(=O)Nc2ccccc2OCCOc2ccccc2)c1. The fraction of sp³-hybridized carbons (Fsp3) is 0.167. The summed E-state index contributed by atoms with van der Waals surface area (Å²) in [5, 5.41) is 8.44. The fourth-order valence-corrected chi connectivity index (χ4v) is 2.82. The molecule has 0 spiro atoms.